The van der Waals surface area contributed by atoms with Crippen LogP contribution in [0.5, 0.6) is 0 Å². The highest BCUT2D eigenvalue weighted by atomic mass is 16.6. The Morgan fingerprint density at radius 3 is 2.63 bits per heavy atom. The van der Waals surface area contributed by atoms with Crippen LogP contribution in [0.4, 0.5) is 4.79 Å². The van der Waals surface area contributed by atoms with Crippen LogP contribution in [-0.4, -0.2) is 40.1 Å². The Kier molecular flexibility index (Phi) is 4.06. The molecule has 1 heterocycles. The lowest BCUT2D eigenvalue weighted by atomic mass is 10.2. The normalized spacial score (nSPS) is 23.1. The van der Waals surface area contributed by atoms with Crippen LogP contribution in [0.2, 0.25) is 0 Å². The molecule has 0 bridgehead atoms. The minimum atomic E-state index is -0.912. The topological polar surface area (TPSA) is 87.1 Å². The van der Waals surface area contributed by atoms with Crippen molar-refractivity contribution in [3.8, 4) is 0 Å². The first kappa shape index (κ1) is 15.2. The molecule has 0 aromatic carbocycles. The first-order chi connectivity index (χ1) is 8.58. The Hall–Kier alpha value is -1.81. The Morgan fingerprint density at radius 1 is 1.58 bits per heavy atom. The number of diazo groups is 1. The van der Waals surface area contributed by atoms with Crippen molar-refractivity contribution in [1.82, 2.24) is 4.90 Å². The second-order valence-corrected chi connectivity index (χ2v) is 5.79. The number of carbonyl (C=O) groups excluding carboxylic acids is 1. The second-order valence-electron chi connectivity index (χ2n) is 5.79. The van der Waals surface area contributed by atoms with E-state index in [1.807, 2.05) is 0 Å². The first-order valence-corrected chi connectivity index (χ1v) is 5.98. The number of aliphatic hydroxyl groups is 1. The third-order valence-electron chi connectivity index (χ3n) is 2.61. The zero-order chi connectivity index (χ0) is 14.8. The summed E-state index contributed by atoms with van der Waals surface area (Å²) in [5.41, 5.74) is -1.56. The van der Waals surface area contributed by atoms with Crippen LogP contribution in [0.3, 0.4) is 0 Å². The quantitative estimate of drug-likeness (QED) is 0.584. The second kappa shape index (κ2) is 5.05. The van der Waals surface area contributed by atoms with Crippen LogP contribution < -0.4 is 0 Å². The van der Waals surface area contributed by atoms with Gasteiger partial charge in [-0.05, 0) is 34.6 Å². The maximum atomic E-state index is 12.2. The summed E-state index contributed by atoms with van der Waals surface area (Å²) in [7, 11) is 0. The van der Waals surface area contributed by atoms with Gasteiger partial charge in [0.1, 0.15) is 17.4 Å². The maximum absolute atomic E-state index is 12.2. The Balaban J connectivity index is 3.00. The molecule has 1 fully saturated rings. The Bertz CT molecular complexity index is 431. The van der Waals surface area contributed by atoms with E-state index in [0.29, 0.717) is 0 Å². The van der Waals surface area contributed by atoms with E-state index >= 15 is 0 Å². The third kappa shape index (κ3) is 3.58. The van der Waals surface area contributed by atoms with Gasteiger partial charge in [-0.1, -0.05) is 0 Å². The number of aliphatic hydroxyl groups excluding tert-OH is 1. The maximum Gasteiger partial charge on any atom is 0.413 e. The van der Waals surface area contributed by atoms with Gasteiger partial charge in [0, 0.05) is 0 Å². The summed E-state index contributed by atoms with van der Waals surface area (Å²) >= 11 is 0. The smallest absolute Gasteiger partial charge is 0.413 e. The van der Waals surface area contributed by atoms with Crippen molar-refractivity contribution in [3.63, 3.8) is 0 Å². The lowest BCUT2D eigenvalue weighted by Crippen LogP contribution is -2.50. The monoisotopic (exact) mass is 270 g/mol. The van der Waals surface area contributed by atoms with Gasteiger partial charge in [0.2, 0.25) is 11.2 Å². The number of amides is 1. The highest BCUT2D eigenvalue weighted by Gasteiger charge is 2.48. The fourth-order valence-corrected chi connectivity index (χ4v) is 1.82. The van der Waals surface area contributed by atoms with Crippen LogP contribution in [0.1, 0.15) is 34.6 Å². The van der Waals surface area contributed by atoms with Gasteiger partial charge in [0.15, 0.2) is 4.98 Å². The molecule has 1 N–H and O–H groups in total. The van der Waals surface area contributed by atoms with Gasteiger partial charge in [-0.25, -0.2) is 4.79 Å². The lowest BCUT2D eigenvalue weighted by molar-refractivity contribution is -0.0623. The Labute approximate surface area is 112 Å². The number of hydrogen-bond donors (Lipinski definition) is 1. The fourth-order valence-electron chi connectivity index (χ4n) is 1.82. The minimum Gasteiger partial charge on any atom is -0.504 e. The van der Waals surface area contributed by atoms with Gasteiger partial charge in [0.25, 0.3) is 0 Å². The number of hydrogen-bond acceptors (Lipinski definition) is 5. The highest BCUT2D eigenvalue weighted by molar-refractivity contribution is 5.70. The van der Waals surface area contributed by atoms with E-state index < -0.39 is 23.5 Å². The van der Waals surface area contributed by atoms with Crippen molar-refractivity contribution in [2.75, 3.05) is 6.61 Å². The Morgan fingerprint density at radius 2 is 2.16 bits per heavy atom. The SMILES string of the molecule is CC(C)(C)OC(=O)N1[C@H](/C(O)=C/[N+]#N)COC1(C)C. The van der Waals surface area contributed by atoms with E-state index in [0.717, 1.165) is 6.20 Å². The molecular formula is C12H20N3O4+. The molecule has 7 heteroatoms. The van der Waals surface area contributed by atoms with Gasteiger partial charge in [-0.15, -0.1) is 0 Å². The molecule has 106 valence electrons. The molecule has 1 amide bonds. The van der Waals surface area contributed by atoms with Crippen molar-refractivity contribution in [2.45, 2.75) is 52.0 Å². The van der Waals surface area contributed by atoms with Crippen LogP contribution in [0.15, 0.2) is 12.0 Å². The lowest BCUT2D eigenvalue weighted by Gasteiger charge is -2.34. The van der Waals surface area contributed by atoms with E-state index in [1.165, 1.54) is 4.90 Å². The summed E-state index contributed by atoms with van der Waals surface area (Å²) in [6, 6.07) is -0.735. The zero-order valence-electron chi connectivity index (χ0n) is 11.9. The van der Waals surface area contributed by atoms with Gasteiger partial charge in [0.05, 0.1) is 6.61 Å². The average molecular weight is 270 g/mol. The molecular weight excluding hydrogens is 250 g/mol. The van der Waals surface area contributed by atoms with E-state index in [4.69, 9.17) is 14.9 Å². The number of carbonyl (C=O) groups is 1. The van der Waals surface area contributed by atoms with E-state index in [9.17, 15) is 9.90 Å². The summed E-state index contributed by atoms with van der Waals surface area (Å²) in [5, 5.41) is 18.2. The van der Waals surface area contributed by atoms with Crippen LogP contribution in [0.25, 0.3) is 4.98 Å². The number of ether oxygens (including phenoxy) is 2. The molecule has 1 saturated heterocycles. The molecule has 7 nitrogen and oxygen atoms in total. The van der Waals surface area contributed by atoms with Gasteiger partial charge < -0.3 is 14.6 Å². The molecule has 0 aromatic heterocycles. The summed E-state index contributed by atoms with van der Waals surface area (Å²) in [6.45, 7) is 8.75. The van der Waals surface area contributed by atoms with Gasteiger partial charge in [-0.3, -0.25) is 4.90 Å². The summed E-state index contributed by atoms with van der Waals surface area (Å²) in [4.78, 5) is 16.2. The summed E-state index contributed by atoms with van der Waals surface area (Å²) in [6.07, 6.45) is 0.269. The molecule has 1 aliphatic heterocycles. The van der Waals surface area contributed by atoms with E-state index in [1.54, 1.807) is 34.6 Å². The van der Waals surface area contributed by atoms with E-state index in [-0.39, 0.29) is 12.4 Å². The molecule has 19 heavy (non-hydrogen) atoms. The van der Waals surface area contributed by atoms with Crippen molar-refractivity contribution < 1.29 is 19.4 Å². The van der Waals surface area contributed by atoms with Crippen LogP contribution in [0, 0.1) is 5.39 Å². The zero-order valence-corrected chi connectivity index (χ0v) is 11.9. The predicted octanol–water partition coefficient (Wildman–Crippen LogP) is 2.61. The van der Waals surface area contributed by atoms with Crippen molar-refractivity contribution in [1.29, 1.82) is 5.39 Å². The molecule has 0 aliphatic carbocycles. The molecule has 0 aromatic rings. The third-order valence-corrected chi connectivity index (χ3v) is 2.61. The molecule has 1 rings (SSSR count). The van der Waals surface area contributed by atoms with Crippen LogP contribution >= 0.6 is 0 Å². The number of rotatable bonds is 1. The van der Waals surface area contributed by atoms with Crippen molar-refractivity contribution in [3.05, 3.63) is 16.9 Å². The molecule has 1 aliphatic rings. The molecule has 1 atom stereocenters. The summed E-state index contributed by atoms with van der Waals surface area (Å²) in [5.74, 6) is -0.265. The molecule has 0 unspecified atom stereocenters. The molecule has 0 spiro atoms. The molecule has 0 radical (unpaired) electrons. The highest BCUT2D eigenvalue weighted by Crippen LogP contribution is 2.31. The average Bonchev–Trinajstić information content (AvgIpc) is 2.51. The van der Waals surface area contributed by atoms with Crippen molar-refractivity contribution >= 4 is 6.09 Å². The van der Waals surface area contributed by atoms with E-state index in [2.05, 4.69) is 4.98 Å². The van der Waals surface area contributed by atoms with Crippen LogP contribution in [-0.2, 0) is 9.47 Å². The fraction of sp³-hybridized carbons (Fsp3) is 0.750. The first-order valence-electron chi connectivity index (χ1n) is 5.98. The minimum absolute atomic E-state index is 0.101. The molecule has 0 saturated carbocycles. The van der Waals surface area contributed by atoms with Gasteiger partial charge in [-0.2, -0.15) is 0 Å². The van der Waals surface area contributed by atoms with Gasteiger partial charge >= 0.3 is 12.3 Å². The predicted molar refractivity (Wildman–Crippen MR) is 67.7 cm³/mol. The number of nitrogens with zero attached hydrogens (tertiary/aromatic N) is 3. The van der Waals surface area contributed by atoms with Crippen molar-refractivity contribution in [2.24, 2.45) is 0 Å². The largest absolute Gasteiger partial charge is 0.504 e. The standard InChI is InChI=1S/C12H19N3O4/c1-11(2,3)19-10(17)15-8(9(16)6-14-13)7-18-12(15,4)5/h6,8H,7H2,1-5H3/p+1/b9-6-/t8-/m0/s1. The summed E-state index contributed by atoms with van der Waals surface area (Å²) < 4.78 is 10.8.